The number of ether oxygens (including phenoxy) is 2. The van der Waals surface area contributed by atoms with Gasteiger partial charge >= 0.3 is 0 Å². The topological polar surface area (TPSA) is 47.6 Å². The quantitative estimate of drug-likeness (QED) is 0.648. The van der Waals surface area contributed by atoms with E-state index in [4.69, 9.17) is 9.47 Å². The number of methoxy groups -OCH3 is 1. The Morgan fingerprint density at radius 3 is 2.40 bits per heavy atom. The molecule has 5 heteroatoms. The number of hydrogen-bond donors (Lipinski definition) is 1. The highest BCUT2D eigenvalue weighted by Gasteiger charge is 2.33. The fourth-order valence-corrected chi connectivity index (χ4v) is 4.08. The van der Waals surface area contributed by atoms with Gasteiger partial charge in [-0.05, 0) is 46.6 Å². The van der Waals surface area contributed by atoms with Crippen LogP contribution in [0.3, 0.4) is 0 Å². The van der Waals surface area contributed by atoms with Crippen molar-refractivity contribution in [1.82, 2.24) is 5.32 Å². The molecule has 1 heterocycles. The highest BCUT2D eigenvalue weighted by atomic mass is 32.2. The lowest BCUT2D eigenvalue weighted by Gasteiger charge is -2.32. The Hall–Kier alpha value is -0.780. The maximum absolute atomic E-state index is 12.7. The van der Waals surface area contributed by atoms with Crippen LogP contribution in [-0.2, 0) is 14.3 Å². The molecule has 0 radical (unpaired) electrons. The Balaban J connectivity index is 2.68. The molecule has 1 N–H and O–H groups in total. The molecule has 0 saturated carbocycles. The van der Waals surface area contributed by atoms with E-state index in [9.17, 15) is 4.79 Å². The first-order valence-corrected chi connectivity index (χ1v) is 9.86. The van der Waals surface area contributed by atoms with Gasteiger partial charge in [-0.1, -0.05) is 26.0 Å². The summed E-state index contributed by atoms with van der Waals surface area (Å²) < 4.78 is 10.4. The SMILES string of the molecule is C=C(/C=C(\C)C(C)(C)C(C)OC)NC(=O)C(C)(C)SC1CCOCC1. The van der Waals surface area contributed by atoms with E-state index in [2.05, 4.69) is 32.7 Å². The fourth-order valence-electron chi connectivity index (χ4n) is 2.66. The molecule has 4 nitrogen and oxygen atoms in total. The van der Waals surface area contributed by atoms with E-state index < -0.39 is 4.75 Å². The number of nitrogens with one attached hydrogen (secondary N) is 1. The van der Waals surface area contributed by atoms with Crippen LogP contribution in [0, 0.1) is 5.41 Å². The second-order valence-electron chi connectivity index (χ2n) is 7.85. The van der Waals surface area contributed by atoms with Crippen LogP contribution in [0.1, 0.15) is 54.4 Å². The van der Waals surface area contributed by atoms with Gasteiger partial charge in [0.05, 0.1) is 10.9 Å². The molecule has 1 aliphatic rings. The van der Waals surface area contributed by atoms with Crippen molar-refractivity contribution in [2.75, 3.05) is 20.3 Å². The average Bonchev–Trinajstić information content (AvgIpc) is 2.54. The number of allylic oxidation sites excluding steroid dienone is 1. The zero-order valence-corrected chi connectivity index (χ0v) is 17.7. The zero-order valence-electron chi connectivity index (χ0n) is 16.9. The second-order valence-corrected chi connectivity index (χ2v) is 9.77. The van der Waals surface area contributed by atoms with Gasteiger partial charge in [-0.25, -0.2) is 0 Å². The molecule has 0 bridgehead atoms. The van der Waals surface area contributed by atoms with Gasteiger partial charge < -0.3 is 14.8 Å². The summed E-state index contributed by atoms with van der Waals surface area (Å²) in [4.78, 5) is 12.7. The van der Waals surface area contributed by atoms with Crippen molar-refractivity contribution in [1.29, 1.82) is 0 Å². The summed E-state index contributed by atoms with van der Waals surface area (Å²) >= 11 is 1.73. The highest BCUT2D eigenvalue weighted by molar-refractivity contribution is 8.01. The average molecular weight is 370 g/mol. The Bertz CT molecular complexity index is 505. The lowest BCUT2D eigenvalue weighted by molar-refractivity contribution is -0.121. The summed E-state index contributed by atoms with van der Waals surface area (Å²) in [5, 5.41) is 3.44. The second kappa shape index (κ2) is 9.24. The van der Waals surface area contributed by atoms with Gasteiger partial charge in [-0.2, -0.15) is 0 Å². The Morgan fingerprint density at radius 1 is 1.32 bits per heavy atom. The van der Waals surface area contributed by atoms with Gasteiger partial charge in [-0.15, -0.1) is 11.8 Å². The van der Waals surface area contributed by atoms with Crippen LogP contribution in [0.25, 0.3) is 0 Å². The van der Waals surface area contributed by atoms with Crippen molar-refractivity contribution in [3.63, 3.8) is 0 Å². The van der Waals surface area contributed by atoms with Gasteiger partial charge in [0.1, 0.15) is 0 Å². The fraction of sp³-hybridized carbons (Fsp3) is 0.750. The Morgan fingerprint density at radius 2 is 1.88 bits per heavy atom. The number of carbonyl (C=O) groups excluding carboxylic acids is 1. The molecule has 0 spiro atoms. The maximum atomic E-state index is 12.7. The highest BCUT2D eigenvalue weighted by Crippen LogP contribution is 2.35. The van der Waals surface area contributed by atoms with Gasteiger partial charge in [0.25, 0.3) is 0 Å². The molecule has 1 fully saturated rings. The summed E-state index contributed by atoms with van der Waals surface area (Å²) in [6.45, 7) is 17.9. The van der Waals surface area contributed by atoms with Gasteiger partial charge in [0, 0.05) is 36.7 Å². The molecule has 1 unspecified atom stereocenters. The van der Waals surface area contributed by atoms with Crippen LogP contribution >= 0.6 is 11.8 Å². The summed E-state index contributed by atoms with van der Waals surface area (Å²) in [5.41, 5.74) is 1.62. The van der Waals surface area contributed by atoms with E-state index in [-0.39, 0.29) is 17.4 Å². The molecular weight excluding hydrogens is 334 g/mol. The molecule has 1 aliphatic heterocycles. The van der Waals surface area contributed by atoms with E-state index in [1.807, 2.05) is 26.8 Å². The zero-order chi connectivity index (χ0) is 19.3. The minimum Gasteiger partial charge on any atom is -0.381 e. The van der Waals surface area contributed by atoms with Crippen molar-refractivity contribution in [2.45, 2.75) is 70.5 Å². The Kier molecular flexibility index (Phi) is 8.23. The molecule has 0 aromatic rings. The summed E-state index contributed by atoms with van der Waals surface area (Å²) in [7, 11) is 1.71. The van der Waals surface area contributed by atoms with Crippen molar-refractivity contribution in [3.8, 4) is 0 Å². The molecule has 1 amide bonds. The van der Waals surface area contributed by atoms with Crippen molar-refractivity contribution in [2.24, 2.45) is 5.41 Å². The van der Waals surface area contributed by atoms with E-state index in [1.165, 1.54) is 0 Å². The lowest BCUT2D eigenvalue weighted by atomic mass is 9.80. The van der Waals surface area contributed by atoms with Crippen LogP contribution < -0.4 is 5.32 Å². The summed E-state index contributed by atoms with van der Waals surface area (Å²) in [5.74, 6) is -0.00404. The number of rotatable bonds is 8. The summed E-state index contributed by atoms with van der Waals surface area (Å²) in [6, 6.07) is 0. The Labute approximate surface area is 157 Å². The molecule has 1 rings (SSSR count). The van der Waals surface area contributed by atoms with Crippen LogP contribution in [-0.4, -0.2) is 42.3 Å². The first kappa shape index (κ1) is 22.3. The van der Waals surface area contributed by atoms with E-state index in [1.54, 1.807) is 18.9 Å². The first-order valence-electron chi connectivity index (χ1n) is 8.98. The molecule has 144 valence electrons. The smallest absolute Gasteiger partial charge is 0.240 e. The molecular formula is C20H35NO3S. The largest absolute Gasteiger partial charge is 0.381 e. The maximum Gasteiger partial charge on any atom is 0.240 e. The van der Waals surface area contributed by atoms with Gasteiger partial charge in [0.15, 0.2) is 0 Å². The van der Waals surface area contributed by atoms with Crippen molar-refractivity contribution >= 4 is 17.7 Å². The molecule has 0 aromatic carbocycles. The molecule has 1 saturated heterocycles. The molecule has 0 aliphatic carbocycles. The van der Waals surface area contributed by atoms with E-state index in [0.717, 1.165) is 31.6 Å². The predicted molar refractivity (Wildman–Crippen MR) is 107 cm³/mol. The van der Waals surface area contributed by atoms with Crippen molar-refractivity contribution < 1.29 is 14.3 Å². The minimum absolute atomic E-state index is 0.00404. The third-order valence-electron chi connectivity index (χ3n) is 5.23. The molecule has 25 heavy (non-hydrogen) atoms. The molecule has 0 aromatic heterocycles. The minimum atomic E-state index is -0.498. The van der Waals surface area contributed by atoms with Crippen LogP contribution in [0.2, 0.25) is 0 Å². The van der Waals surface area contributed by atoms with Crippen molar-refractivity contribution in [3.05, 3.63) is 23.9 Å². The first-order chi connectivity index (χ1) is 11.5. The van der Waals surface area contributed by atoms with Crippen LogP contribution in [0.5, 0.6) is 0 Å². The normalized spacial score (nSPS) is 18.8. The number of carbonyl (C=O) groups is 1. The van der Waals surface area contributed by atoms with E-state index in [0.29, 0.717) is 10.9 Å². The lowest BCUT2D eigenvalue weighted by Crippen LogP contribution is -2.41. The van der Waals surface area contributed by atoms with Crippen LogP contribution in [0.4, 0.5) is 0 Å². The van der Waals surface area contributed by atoms with Gasteiger partial charge in [-0.3, -0.25) is 4.79 Å². The number of hydrogen-bond acceptors (Lipinski definition) is 4. The number of thioether (sulfide) groups is 1. The third kappa shape index (κ3) is 6.46. The van der Waals surface area contributed by atoms with Gasteiger partial charge in [0.2, 0.25) is 5.91 Å². The van der Waals surface area contributed by atoms with E-state index >= 15 is 0 Å². The third-order valence-corrected chi connectivity index (χ3v) is 6.81. The number of amides is 1. The predicted octanol–water partition coefficient (Wildman–Crippen LogP) is 4.31. The monoisotopic (exact) mass is 369 g/mol. The standard InChI is InChI=1S/C20H35NO3S/c1-14(19(4,5)16(3)23-8)13-15(2)21-18(22)20(6,7)25-17-9-11-24-12-10-17/h13,16-17H,2,9-12H2,1,3-8H3,(H,21,22)/b14-13+. The molecule has 1 atom stereocenters. The summed E-state index contributed by atoms with van der Waals surface area (Å²) in [6.07, 6.45) is 4.03. The van der Waals surface area contributed by atoms with Crippen LogP contribution in [0.15, 0.2) is 23.9 Å².